The molecule has 0 fully saturated rings. The Morgan fingerprint density at radius 1 is 0.921 bits per heavy atom. The number of sulfonamides is 1. The Kier molecular flexibility index (Phi) is 10.1. The summed E-state index contributed by atoms with van der Waals surface area (Å²) in [5.41, 5.74) is 2.04. The predicted molar refractivity (Wildman–Crippen MR) is 154 cm³/mol. The molecule has 0 aliphatic rings. The first-order valence-electron chi connectivity index (χ1n) is 12.5. The quantitative estimate of drug-likeness (QED) is 0.330. The highest BCUT2D eigenvalue weighted by molar-refractivity contribution is 9.10. The van der Waals surface area contributed by atoms with Crippen molar-refractivity contribution < 1.29 is 18.0 Å². The van der Waals surface area contributed by atoms with Gasteiger partial charge in [-0.2, -0.15) is 0 Å². The lowest BCUT2D eigenvalue weighted by Crippen LogP contribution is -2.52. The number of para-hydroxylation sites is 1. The SMILES string of the molecule is CCc1ccccc1N(CC(=O)N(Cc1cccc(Br)c1)[C@H](C)C(=O)NC(C)C)S(=O)(=O)c1ccccc1. The number of hydrogen-bond acceptors (Lipinski definition) is 4. The fourth-order valence-electron chi connectivity index (χ4n) is 4.11. The molecule has 9 heteroatoms. The van der Waals surface area contributed by atoms with Gasteiger partial charge in [-0.25, -0.2) is 8.42 Å². The number of aryl methyl sites for hydroxylation is 1. The first-order valence-corrected chi connectivity index (χ1v) is 14.8. The predicted octanol–water partition coefficient (Wildman–Crippen LogP) is 5.15. The maximum Gasteiger partial charge on any atom is 0.264 e. The molecule has 0 aliphatic heterocycles. The summed E-state index contributed by atoms with van der Waals surface area (Å²) >= 11 is 3.46. The number of hydrogen-bond donors (Lipinski definition) is 1. The summed E-state index contributed by atoms with van der Waals surface area (Å²) in [6, 6.07) is 21.7. The van der Waals surface area contributed by atoms with Crippen LogP contribution in [0.1, 0.15) is 38.8 Å². The Hall–Kier alpha value is -3.17. The Labute approximate surface area is 234 Å². The van der Waals surface area contributed by atoms with Crippen LogP contribution >= 0.6 is 15.9 Å². The van der Waals surface area contributed by atoms with E-state index in [1.165, 1.54) is 17.0 Å². The van der Waals surface area contributed by atoms with Crippen LogP contribution in [0, 0.1) is 0 Å². The number of anilines is 1. The fraction of sp³-hybridized carbons (Fsp3) is 0.310. The van der Waals surface area contributed by atoms with Crippen LogP contribution in [-0.2, 0) is 32.6 Å². The monoisotopic (exact) mass is 599 g/mol. The normalized spacial score (nSPS) is 12.2. The molecule has 0 radical (unpaired) electrons. The van der Waals surface area contributed by atoms with Crippen LogP contribution in [0.3, 0.4) is 0 Å². The van der Waals surface area contributed by atoms with Crippen LogP contribution in [0.25, 0.3) is 0 Å². The zero-order chi connectivity index (χ0) is 27.9. The number of nitrogens with one attached hydrogen (secondary N) is 1. The number of carbonyl (C=O) groups is 2. The lowest BCUT2D eigenvalue weighted by molar-refractivity contribution is -0.139. The van der Waals surface area contributed by atoms with Gasteiger partial charge >= 0.3 is 0 Å². The second kappa shape index (κ2) is 13.1. The molecule has 38 heavy (non-hydrogen) atoms. The third-order valence-electron chi connectivity index (χ3n) is 6.09. The van der Waals surface area contributed by atoms with Gasteiger partial charge < -0.3 is 10.2 Å². The van der Waals surface area contributed by atoms with Crippen LogP contribution in [0.15, 0.2) is 88.2 Å². The van der Waals surface area contributed by atoms with Gasteiger partial charge in [0.05, 0.1) is 10.6 Å². The summed E-state index contributed by atoms with van der Waals surface area (Å²) in [6.07, 6.45) is 0.583. The number of carbonyl (C=O) groups excluding carboxylic acids is 2. The van der Waals surface area contributed by atoms with E-state index < -0.39 is 28.5 Å². The van der Waals surface area contributed by atoms with Gasteiger partial charge in [0, 0.05) is 17.1 Å². The van der Waals surface area contributed by atoms with E-state index in [0.29, 0.717) is 12.1 Å². The second-order valence-corrected chi connectivity index (χ2v) is 12.1. The van der Waals surface area contributed by atoms with Crippen molar-refractivity contribution in [3.8, 4) is 0 Å². The minimum Gasteiger partial charge on any atom is -0.352 e. The van der Waals surface area contributed by atoms with Crippen LogP contribution in [0.4, 0.5) is 5.69 Å². The molecule has 0 saturated heterocycles. The summed E-state index contributed by atoms with van der Waals surface area (Å²) in [7, 11) is -4.08. The number of benzene rings is 3. The molecule has 0 unspecified atom stereocenters. The molecular formula is C29H34BrN3O4S. The van der Waals surface area contributed by atoms with Gasteiger partial charge in [0.25, 0.3) is 10.0 Å². The van der Waals surface area contributed by atoms with E-state index in [-0.39, 0.29) is 23.4 Å². The van der Waals surface area contributed by atoms with E-state index in [1.54, 1.807) is 37.3 Å². The lowest BCUT2D eigenvalue weighted by atomic mass is 10.1. The lowest BCUT2D eigenvalue weighted by Gasteiger charge is -2.33. The average molecular weight is 601 g/mol. The molecule has 3 aromatic rings. The van der Waals surface area contributed by atoms with Gasteiger partial charge in [0.2, 0.25) is 11.8 Å². The molecule has 0 saturated carbocycles. The molecule has 1 N–H and O–H groups in total. The molecule has 3 rings (SSSR count). The van der Waals surface area contributed by atoms with Crippen molar-refractivity contribution in [3.63, 3.8) is 0 Å². The molecule has 0 spiro atoms. The van der Waals surface area contributed by atoms with E-state index >= 15 is 0 Å². The third-order valence-corrected chi connectivity index (χ3v) is 8.36. The van der Waals surface area contributed by atoms with Crippen molar-refractivity contribution >= 4 is 43.5 Å². The molecule has 0 aliphatic carbocycles. The number of rotatable bonds is 11. The maximum atomic E-state index is 14.0. The molecule has 0 heterocycles. The zero-order valence-corrected chi connectivity index (χ0v) is 24.5. The fourth-order valence-corrected chi connectivity index (χ4v) is 6.03. The van der Waals surface area contributed by atoms with Crippen molar-refractivity contribution in [2.24, 2.45) is 0 Å². The Morgan fingerprint density at radius 3 is 2.21 bits per heavy atom. The molecule has 0 aromatic heterocycles. The van der Waals surface area contributed by atoms with E-state index in [0.717, 1.165) is 19.9 Å². The van der Waals surface area contributed by atoms with Gasteiger partial charge in [-0.05, 0) is 68.7 Å². The molecular weight excluding hydrogens is 566 g/mol. The molecule has 1 atom stereocenters. The minimum absolute atomic E-state index is 0.0860. The second-order valence-electron chi connectivity index (χ2n) is 9.30. The average Bonchev–Trinajstić information content (AvgIpc) is 2.90. The molecule has 3 aromatic carbocycles. The van der Waals surface area contributed by atoms with E-state index in [4.69, 9.17) is 0 Å². The molecule has 7 nitrogen and oxygen atoms in total. The van der Waals surface area contributed by atoms with Crippen LogP contribution in [0.5, 0.6) is 0 Å². The van der Waals surface area contributed by atoms with E-state index in [2.05, 4.69) is 21.2 Å². The summed E-state index contributed by atoms with van der Waals surface area (Å²) in [5, 5.41) is 2.86. The Bertz CT molecular complexity index is 1360. The summed E-state index contributed by atoms with van der Waals surface area (Å²) in [5.74, 6) is -0.795. The van der Waals surface area contributed by atoms with Crippen molar-refractivity contribution in [3.05, 3.63) is 94.5 Å². The Balaban J connectivity index is 2.06. The molecule has 2 amide bonds. The first-order chi connectivity index (χ1) is 18.0. The van der Waals surface area contributed by atoms with Crippen molar-refractivity contribution in [2.75, 3.05) is 10.8 Å². The van der Waals surface area contributed by atoms with Crippen LogP contribution in [-0.4, -0.2) is 43.8 Å². The summed E-state index contributed by atoms with van der Waals surface area (Å²) in [4.78, 5) is 28.5. The van der Waals surface area contributed by atoms with Crippen molar-refractivity contribution in [1.82, 2.24) is 10.2 Å². The maximum absolute atomic E-state index is 14.0. The molecule has 202 valence electrons. The van der Waals surface area contributed by atoms with Gasteiger partial charge in [-0.15, -0.1) is 0 Å². The van der Waals surface area contributed by atoms with E-state index in [1.807, 2.05) is 57.2 Å². The van der Waals surface area contributed by atoms with Crippen LogP contribution < -0.4 is 9.62 Å². The largest absolute Gasteiger partial charge is 0.352 e. The van der Waals surface area contributed by atoms with E-state index in [9.17, 15) is 18.0 Å². The van der Waals surface area contributed by atoms with Gasteiger partial charge in [-0.1, -0.05) is 71.4 Å². The van der Waals surface area contributed by atoms with Crippen LogP contribution in [0.2, 0.25) is 0 Å². The van der Waals surface area contributed by atoms with Crippen molar-refractivity contribution in [2.45, 2.75) is 57.6 Å². The van der Waals surface area contributed by atoms with Gasteiger partial charge in [0.15, 0.2) is 0 Å². The standard InChI is InChI=1S/C29H34BrN3O4S/c1-5-24-13-9-10-17-27(24)33(38(36,37)26-15-7-6-8-16-26)20-28(34)32(22(4)29(35)31-21(2)3)19-23-12-11-14-25(30)18-23/h6-18,21-22H,5,19-20H2,1-4H3,(H,31,35)/t22-/m1/s1. The smallest absolute Gasteiger partial charge is 0.264 e. The highest BCUT2D eigenvalue weighted by Gasteiger charge is 2.33. The number of nitrogens with zero attached hydrogens (tertiary/aromatic N) is 2. The first kappa shape index (κ1) is 29.4. The minimum atomic E-state index is -4.08. The highest BCUT2D eigenvalue weighted by atomic mass is 79.9. The molecule has 0 bridgehead atoms. The van der Waals surface area contributed by atoms with Gasteiger partial charge in [0.1, 0.15) is 12.6 Å². The topological polar surface area (TPSA) is 86.8 Å². The highest BCUT2D eigenvalue weighted by Crippen LogP contribution is 2.28. The number of halogens is 1. The zero-order valence-electron chi connectivity index (χ0n) is 22.1. The number of amides is 2. The van der Waals surface area contributed by atoms with Crippen molar-refractivity contribution in [1.29, 1.82) is 0 Å². The summed E-state index contributed by atoms with van der Waals surface area (Å²) in [6.45, 7) is 6.97. The van der Waals surface area contributed by atoms with Gasteiger partial charge in [-0.3, -0.25) is 13.9 Å². The Morgan fingerprint density at radius 2 is 1.58 bits per heavy atom. The third kappa shape index (κ3) is 7.23. The summed E-state index contributed by atoms with van der Waals surface area (Å²) < 4.78 is 29.8.